The lowest BCUT2D eigenvalue weighted by molar-refractivity contribution is -0.118. The normalized spacial score (nSPS) is 15.9. The number of anilines is 1. The number of halogens is 1. The van der Waals surface area contributed by atoms with Crippen LogP contribution in [-0.2, 0) is 16.8 Å². The highest BCUT2D eigenvalue weighted by Crippen LogP contribution is 2.26. The molecule has 1 fully saturated rings. The lowest BCUT2D eigenvalue weighted by atomic mass is 9.86. The van der Waals surface area contributed by atoms with E-state index in [1.807, 2.05) is 48.2 Å². The van der Waals surface area contributed by atoms with Crippen LogP contribution in [0.1, 0.15) is 49.2 Å². The molecule has 8 nitrogen and oxygen atoms in total. The molecule has 1 saturated heterocycles. The SMILES string of the molecule is CC1CN(c2cc(Cl)nc(SCC(=O)NCc3cccnc3)n2)CCN1C(=O)c1ccc(C(C)(C)C)cc1. The van der Waals surface area contributed by atoms with Crippen LogP contribution in [0.15, 0.2) is 60.0 Å². The maximum Gasteiger partial charge on any atom is 0.254 e. The van der Waals surface area contributed by atoms with Crippen LogP contribution in [0, 0.1) is 0 Å². The predicted octanol–water partition coefficient (Wildman–Crippen LogP) is 4.58. The summed E-state index contributed by atoms with van der Waals surface area (Å²) in [5.41, 5.74) is 2.87. The molecule has 4 rings (SSSR count). The fraction of sp³-hybridized carbons (Fsp3) is 0.393. The summed E-state index contributed by atoms with van der Waals surface area (Å²) < 4.78 is 0. The number of benzene rings is 1. The van der Waals surface area contributed by atoms with Gasteiger partial charge in [-0.1, -0.05) is 62.3 Å². The van der Waals surface area contributed by atoms with Crippen LogP contribution in [0.3, 0.4) is 0 Å². The number of carbonyl (C=O) groups is 2. The fourth-order valence-corrected chi connectivity index (χ4v) is 5.15. The Balaban J connectivity index is 1.34. The molecule has 0 saturated carbocycles. The first-order valence-corrected chi connectivity index (χ1v) is 14.0. The van der Waals surface area contributed by atoms with Crippen LogP contribution < -0.4 is 10.2 Å². The number of carbonyl (C=O) groups excluding carboxylic acids is 2. The van der Waals surface area contributed by atoms with Crippen LogP contribution >= 0.6 is 23.4 Å². The van der Waals surface area contributed by atoms with Crippen LogP contribution in [0.2, 0.25) is 5.15 Å². The molecule has 0 radical (unpaired) electrons. The lowest BCUT2D eigenvalue weighted by Crippen LogP contribution is -2.54. The standard InChI is InChI=1S/C28H33ClN6O2S/c1-19-17-34(12-13-35(19)26(37)21-7-9-22(10-8-21)28(2,3)4)24-14-23(29)32-27(33-24)38-18-25(36)31-16-20-6-5-11-30-15-20/h5-11,14-15,19H,12-13,16-18H2,1-4H3,(H,31,36). The van der Waals surface area contributed by atoms with Gasteiger partial charge in [-0.25, -0.2) is 9.97 Å². The number of amides is 2. The molecule has 0 spiro atoms. The third-order valence-corrected chi connectivity index (χ3v) is 7.46. The number of nitrogens with one attached hydrogen (secondary N) is 1. The van der Waals surface area contributed by atoms with E-state index in [1.54, 1.807) is 18.5 Å². The largest absolute Gasteiger partial charge is 0.353 e. The quantitative estimate of drug-likeness (QED) is 0.260. The average molecular weight is 553 g/mol. The zero-order chi connectivity index (χ0) is 27.3. The van der Waals surface area contributed by atoms with Gasteiger partial charge in [-0.3, -0.25) is 14.6 Å². The number of thioether (sulfide) groups is 1. The van der Waals surface area contributed by atoms with Crippen molar-refractivity contribution in [1.29, 1.82) is 0 Å². The van der Waals surface area contributed by atoms with E-state index in [0.29, 0.717) is 47.9 Å². The number of aromatic nitrogens is 3. The van der Waals surface area contributed by atoms with Crippen molar-refractivity contribution in [1.82, 2.24) is 25.2 Å². The number of hydrogen-bond donors (Lipinski definition) is 1. The lowest BCUT2D eigenvalue weighted by Gasteiger charge is -2.40. The highest BCUT2D eigenvalue weighted by molar-refractivity contribution is 7.99. The molecule has 3 aromatic rings. The van der Waals surface area contributed by atoms with E-state index in [2.05, 4.69) is 45.9 Å². The zero-order valence-corrected chi connectivity index (χ0v) is 23.7. The van der Waals surface area contributed by atoms with E-state index in [-0.39, 0.29) is 29.0 Å². The number of rotatable bonds is 7. The first-order chi connectivity index (χ1) is 18.1. The molecule has 1 aliphatic rings. The Labute approximate surface area is 233 Å². The Morgan fingerprint density at radius 1 is 1.13 bits per heavy atom. The van der Waals surface area contributed by atoms with Crippen LogP contribution in [0.5, 0.6) is 0 Å². The first kappa shape index (κ1) is 27.9. The fourth-order valence-electron chi connectivity index (χ4n) is 4.24. The van der Waals surface area contributed by atoms with Gasteiger partial charge in [0.15, 0.2) is 5.16 Å². The van der Waals surface area contributed by atoms with Crippen molar-refractivity contribution in [3.05, 3.63) is 76.7 Å². The van der Waals surface area contributed by atoms with E-state index < -0.39 is 0 Å². The van der Waals surface area contributed by atoms with E-state index in [9.17, 15) is 9.59 Å². The summed E-state index contributed by atoms with van der Waals surface area (Å²) in [6, 6.07) is 13.4. The van der Waals surface area contributed by atoms with Crippen molar-refractivity contribution >= 4 is 41.0 Å². The smallest absolute Gasteiger partial charge is 0.254 e. The molecule has 10 heteroatoms. The second-order valence-electron chi connectivity index (χ2n) is 10.4. The van der Waals surface area contributed by atoms with E-state index in [1.165, 1.54) is 17.3 Å². The van der Waals surface area contributed by atoms with Gasteiger partial charge in [0.05, 0.1) is 5.75 Å². The van der Waals surface area contributed by atoms with Gasteiger partial charge < -0.3 is 15.1 Å². The molecular weight excluding hydrogens is 520 g/mol. The van der Waals surface area contributed by atoms with Crippen molar-refractivity contribution in [3.8, 4) is 0 Å². The predicted molar refractivity (Wildman–Crippen MR) is 152 cm³/mol. The number of pyridine rings is 1. The molecule has 0 bridgehead atoms. The molecule has 1 aliphatic heterocycles. The summed E-state index contributed by atoms with van der Waals surface area (Å²) in [7, 11) is 0. The second kappa shape index (κ2) is 12.1. The van der Waals surface area contributed by atoms with Gasteiger partial charge >= 0.3 is 0 Å². The number of hydrogen-bond acceptors (Lipinski definition) is 7. The molecule has 1 aromatic carbocycles. The molecule has 200 valence electrons. The highest BCUT2D eigenvalue weighted by atomic mass is 35.5. The van der Waals surface area contributed by atoms with Gasteiger partial charge in [0, 0.05) is 56.2 Å². The maximum absolute atomic E-state index is 13.2. The average Bonchev–Trinajstić information content (AvgIpc) is 2.90. The van der Waals surface area contributed by atoms with Crippen molar-refractivity contribution in [2.45, 2.75) is 50.9 Å². The second-order valence-corrected chi connectivity index (χ2v) is 11.7. The van der Waals surface area contributed by atoms with Crippen molar-refractivity contribution in [2.75, 3.05) is 30.3 Å². The third-order valence-electron chi connectivity index (χ3n) is 6.42. The molecule has 2 amide bonds. The van der Waals surface area contributed by atoms with Gasteiger partial charge in [-0.05, 0) is 41.7 Å². The maximum atomic E-state index is 13.2. The summed E-state index contributed by atoms with van der Waals surface area (Å²) >= 11 is 7.54. The monoisotopic (exact) mass is 552 g/mol. The van der Waals surface area contributed by atoms with Gasteiger partial charge in [0.2, 0.25) is 5.91 Å². The third kappa shape index (κ3) is 7.23. The molecule has 1 unspecified atom stereocenters. The van der Waals surface area contributed by atoms with Crippen molar-refractivity contribution in [2.24, 2.45) is 0 Å². The Bertz CT molecular complexity index is 1270. The minimum Gasteiger partial charge on any atom is -0.353 e. The van der Waals surface area contributed by atoms with E-state index >= 15 is 0 Å². The van der Waals surface area contributed by atoms with Gasteiger partial charge in [-0.15, -0.1) is 0 Å². The molecule has 0 aliphatic carbocycles. The minimum atomic E-state index is -0.125. The van der Waals surface area contributed by atoms with Crippen molar-refractivity contribution in [3.63, 3.8) is 0 Å². The number of piperazine rings is 1. The van der Waals surface area contributed by atoms with Crippen molar-refractivity contribution < 1.29 is 9.59 Å². The van der Waals surface area contributed by atoms with Crippen LogP contribution in [0.4, 0.5) is 5.82 Å². The summed E-state index contributed by atoms with van der Waals surface area (Å²) in [5, 5.41) is 3.63. The summed E-state index contributed by atoms with van der Waals surface area (Å²) in [5.74, 6) is 0.774. The Hall–Kier alpha value is -3.17. The molecule has 38 heavy (non-hydrogen) atoms. The Kier molecular flexibility index (Phi) is 8.89. The Morgan fingerprint density at radius 2 is 1.89 bits per heavy atom. The Morgan fingerprint density at radius 3 is 2.55 bits per heavy atom. The molecule has 2 aromatic heterocycles. The van der Waals surface area contributed by atoms with E-state index in [0.717, 1.165) is 5.56 Å². The summed E-state index contributed by atoms with van der Waals surface area (Å²) in [6.07, 6.45) is 3.41. The van der Waals surface area contributed by atoms with E-state index in [4.69, 9.17) is 11.6 Å². The van der Waals surface area contributed by atoms with Gasteiger partial charge in [0.25, 0.3) is 5.91 Å². The van der Waals surface area contributed by atoms with Gasteiger partial charge in [0.1, 0.15) is 11.0 Å². The number of nitrogens with zero attached hydrogens (tertiary/aromatic N) is 5. The first-order valence-electron chi connectivity index (χ1n) is 12.6. The van der Waals surface area contributed by atoms with Crippen LogP contribution in [0.25, 0.3) is 0 Å². The summed E-state index contributed by atoms with van der Waals surface area (Å²) in [4.78, 5) is 42.5. The highest BCUT2D eigenvalue weighted by Gasteiger charge is 2.29. The molecule has 1 atom stereocenters. The topological polar surface area (TPSA) is 91.3 Å². The molecule has 1 N–H and O–H groups in total. The van der Waals surface area contributed by atoms with Gasteiger partial charge in [-0.2, -0.15) is 0 Å². The molecule has 3 heterocycles. The van der Waals surface area contributed by atoms with Crippen LogP contribution in [-0.4, -0.2) is 63.1 Å². The zero-order valence-electron chi connectivity index (χ0n) is 22.1. The summed E-state index contributed by atoms with van der Waals surface area (Å²) in [6.45, 7) is 10.7. The molecular formula is C28H33ClN6O2S. The minimum absolute atomic E-state index is 0.0124.